The summed E-state index contributed by atoms with van der Waals surface area (Å²) >= 11 is 0. The third kappa shape index (κ3) is 8.23. The third-order valence-electron chi connectivity index (χ3n) is 7.16. The first-order chi connectivity index (χ1) is 20.9. The van der Waals surface area contributed by atoms with E-state index in [2.05, 4.69) is 5.32 Å². The Balaban J connectivity index is 1.57. The summed E-state index contributed by atoms with van der Waals surface area (Å²) in [6.07, 6.45) is 0.983. The van der Waals surface area contributed by atoms with Crippen LogP contribution in [-0.2, 0) is 17.6 Å². The van der Waals surface area contributed by atoms with Gasteiger partial charge in [0.1, 0.15) is 0 Å². The predicted octanol–water partition coefficient (Wildman–Crippen LogP) is 5.50. The lowest BCUT2D eigenvalue weighted by Crippen LogP contribution is -2.35. The first-order valence-corrected chi connectivity index (χ1v) is 14.1. The molecule has 0 saturated carbocycles. The van der Waals surface area contributed by atoms with E-state index in [1.807, 2.05) is 66.7 Å². The quantitative estimate of drug-likeness (QED) is 0.204. The number of carbonyl (C=O) groups is 3. The molecule has 0 spiro atoms. The van der Waals surface area contributed by atoms with E-state index in [9.17, 15) is 19.5 Å². The zero-order valence-electron chi connectivity index (χ0n) is 24.4. The van der Waals surface area contributed by atoms with Gasteiger partial charge in [-0.1, -0.05) is 72.8 Å². The molecular formula is C35H36N2O6. The van der Waals surface area contributed by atoms with Gasteiger partial charge in [-0.2, -0.15) is 0 Å². The second kappa shape index (κ2) is 15.2. The molecule has 0 aromatic heterocycles. The number of methoxy groups -OCH3 is 2. The van der Waals surface area contributed by atoms with Gasteiger partial charge < -0.3 is 24.8 Å². The maximum atomic E-state index is 14.0. The van der Waals surface area contributed by atoms with Crippen molar-refractivity contribution in [1.82, 2.24) is 10.2 Å². The fourth-order valence-electron chi connectivity index (χ4n) is 4.90. The maximum Gasteiger partial charge on any atom is 0.305 e. The van der Waals surface area contributed by atoms with Crippen LogP contribution in [0.4, 0.5) is 0 Å². The highest BCUT2D eigenvalue weighted by Crippen LogP contribution is 2.30. The molecule has 0 bridgehead atoms. The second-order valence-corrected chi connectivity index (χ2v) is 9.96. The number of aliphatic carboxylic acids is 1. The van der Waals surface area contributed by atoms with Crippen molar-refractivity contribution >= 4 is 17.8 Å². The van der Waals surface area contributed by atoms with Crippen LogP contribution in [0.25, 0.3) is 11.1 Å². The number of ether oxygens (including phenoxy) is 2. The van der Waals surface area contributed by atoms with Gasteiger partial charge >= 0.3 is 5.97 Å². The molecule has 0 saturated heterocycles. The number of rotatable bonds is 14. The van der Waals surface area contributed by atoms with E-state index < -0.39 is 5.97 Å². The molecule has 4 aromatic rings. The molecule has 0 unspecified atom stereocenters. The molecule has 0 radical (unpaired) electrons. The Morgan fingerprint density at radius 1 is 0.698 bits per heavy atom. The van der Waals surface area contributed by atoms with Crippen LogP contribution in [0.15, 0.2) is 97.1 Å². The van der Waals surface area contributed by atoms with E-state index in [1.165, 1.54) is 0 Å². The number of carboxylic acid groups (broad SMARTS) is 1. The van der Waals surface area contributed by atoms with Crippen LogP contribution < -0.4 is 14.8 Å². The first kappa shape index (κ1) is 30.8. The average molecular weight is 581 g/mol. The summed E-state index contributed by atoms with van der Waals surface area (Å²) in [6.45, 7) is 0.797. The van der Waals surface area contributed by atoms with Gasteiger partial charge in [-0.25, -0.2) is 0 Å². The predicted molar refractivity (Wildman–Crippen MR) is 166 cm³/mol. The van der Waals surface area contributed by atoms with E-state index in [1.54, 1.807) is 49.5 Å². The van der Waals surface area contributed by atoms with Crippen LogP contribution in [0.2, 0.25) is 0 Å². The van der Waals surface area contributed by atoms with Crippen molar-refractivity contribution in [2.24, 2.45) is 0 Å². The van der Waals surface area contributed by atoms with E-state index in [0.29, 0.717) is 53.1 Å². The Bertz CT molecular complexity index is 1550. The normalized spacial score (nSPS) is 10.6. The van der Waals surface area contributed by atoms with Crippen LogP contribution >= 0.6 is 0 Å². The summed E-state index contributed by atoms with van der Waals surface area (Å²) < 4.78 is 10.7. The van der Waals surface area contributed by atoms with Gasteiger partial charge in [0, 0.05) is 30.8 Å². The zero-order valence-corrected chi connectivity index (χ0v) is 24.4. The van der Waals surface area contributed by atoms with Gasteiger partial charge in [0.2, 0.25) is 0 Å². The van der Waals surface area contributed by atoms with Gasteiger partial charge in [0.05, 0.1) is 20.6 Å². The minimum absolute atomic E-state index is 0.0391. The standard InChI is InChI=1S/C35H36N2O6/c1-42-31-17-16-26(24-32(31)43-2)19-22-37(23-20-33(38)39)35(41)30-15-9-7-13-28(30)27-12-6-8-14-29(27)34(40)36-21-18-25-10-4-3-5-11-25/h3-17,24H,18-23H2,1-2H3,(H,36,40)(H,38,39). The number of nitrogens with zero attached hydrogens (tertiary/aromatic N) is 1. The molecule has 0 fully saturated rings. The molecule has 4 rings (SSSR count). The van der Waals surface area contributed by atoms with Gasteiger partial charge in [0.15, 0.2) is 11.5 Å². The molecule has 0 aliphatic carbocycles. The zero-order chi connectivity index (χ0) is 30.6. The minimum atomic E-state index is -0.991. The number of hydrogen-bond donors (Lipinski definition) is 2. The van der Waals surface area contributed by atoms with Gasteiger partial charge in [0.25, 0.3) is 11.8 Å². The topological polar surface area (TPSA) is 105 Å². The van der Waals surface area contributed by atoms with Gasteiger partial charge in [-0.3, -0.25) is 14.4 Å². The molecule has 0 heterocycles. The third-order valence-corrected chi connectivity index (χ3v) is 7.16. The fraction of sp³-hybridized carbons (Fsp3) is 0.229. The summed E-state index contributed by atoms with van der Waals surface area (Å²) in [7, 11) is 3.12. The Morgan fingerprint density at radius 2 is 1.33 bits per heavy atom. The summed E-state index contributed by atoms with van der Waals surface area (Å²) in [4.78, 5) is 40.3. The van der Waals surface area contributed by atoms with Crippen molar-refractivity contribution in [3.8, 4) is 22.6 Å². The fourth-order valence-corrected chi connectivity index (χ4v) is 4.90. The van der Waals surface area contributed by atoms with Crippen LogP contribution in [0.3, 0.4) is 0 Å². The van der Waals surface area contributed by atoms with Crippen molar-refractivity contribution in [2.45, 2.75) is 19.3 Å². The Morgan fingerprint density at radius 3 is 2.00 bits per heavy atom. The Kier molecular flexibility index (Phi) is 10.9. The number of benzene rings is 4. The van der Waals surface area contributed by atoms with Gasteiger partial charge in [-0.05, 0) is 59.4 Å². The molecule has 2 amide bonds. The first-order valence-electron chi connectivity index (χ1n) is 14.1. The molecule has 2 N–H and O–H groups in total. The van der Waals surface area contributed by atoms with Crippen molar-refractivity contribution in [1.29, 1.82) is 0 Å². The van der Waals surface area contributed by atoms with Crippen molar-refractivity contribution < 1.29 is 29.0 Å². The average Bonchev–Trinajstić information content (AvgIpc) is 3.04. The van der Waals surface area contributed by atoms with E-state index in [-0.39, 0.29) is 31.3 Å². The van der Waals surface area contributed by atoms with Crippen LogP contribution in [0.5, 0.6) is 11.5 Å². The van der Waals surface area contributed by atoms with Crippen molar-refractivity contribution in [3.05, 3.63) is 119 Å². The minimum Gasteiger partial charge on any atom is -0.493 e. The molecule has 8 nitrogen and oxygen atoms in total. The molecule has 8 heteroatoms. The number of carbonyl (C=O) groups excluding carboxylic acids is 2. The number of carboxylic acids is 1. The highest BCUT2D eigenvalue weighted by atomic mass is 16.5. The molecule has 222 valence electrons. The molecule has 4 aromatic carbocycles. The van der Waals surface area contributed by atoms with Crippen molar-refractivity contribution in [2.75, 3.05) is 33.9 Å². The molecule has 43 heavy (non-hydrogen) atoms. The summed E-state index contributed by atoms with van der Waals surface area (Å²) in [6, 6.07) is 29.8. The lowest BCUT2D eigenvalue weighted by molar-refractivity contribution is -0.137. The van der Waals surface area contributed by atoms with E-state index in [0.717, 1.165) is 11.1 Å². The highest BCUT2D eigenvalue weighted by molar-refractivity contribution is 6.06. The van der Waals surface area contributed by atoms with Gasteiger partial charge in [-0.15, -0.1) is 0 Å². The lowest BCUT2D eigenvalue weighted by atomic mass is 9.94. The Hall–Kier alpha value is -5.11. The number of nitrogens with one attached hydrogen (secondary N) is 1. The number of amides is 2. The molecule has 0 aliphatic rings. The smallest absolute Gasteiger partial charge is 0.305 e. The Labute approximate surface area is 251 Å². The largest absolute Gasteiger partial charge is 0.493 e. The highest BCUT2D eigenvalue weighted by Gasteiger charge is 2.23. The van der Waals surface area contributed by atoms with E-state index in [4.69, 9.17) is 9.47 Å². The van der Waals surface area contributed by atoms with E-state index >= 15 is 0 Å². The van der Waals surface area contributed by atoms with Crippen LogP contribution in [-0.4, -0.2) is 61.6 Å². The van der Waals surface area contributed by atoms with Crippen LogP contribution in [0.1, 0.15) is 38.3 Å². The second-order valence-electron chi connectivity index (χ2n) is 9.96. The summed E-state index contributed by atoms with van der Waals surface area (Å²) in [5, 5.41) is 12.4. The SMILES string of the molecule is COc1ccc(CCN(CCC(=O)O)C(=O)c2ccccc2-c2ccccc2C(=O)NCCc2ccccc2)cc1OC. The van der Waals surface area contributed by atoms with Crippen molar-refractivity contribution in [3.63, 3.8) is 0 Å². The summed E-state index contributed by atoms with van der Waals surface area (Å²) in [5.41, 5.74) is 4.12. The lowest BCUT2D eigenvalue weighted by Gasteiger charge is -2.24. The molecule has 0 atom stereocenters. The maximum absolute atomic E-state index is 14.0. The van der Waals surface area contributed by atoms with Crippen LogP contribution in [0, 0.1) is 0 Å². The number of hydrogen-bond acceptors (Lipinski definition) is 5. The molecular weight excluding hydrogens is 544 g/mol. The molecule has 0 aliphatic heterocycles. The monoisotopic (exact) mass is 580 g/mol. The summed E-state index contributed by atoms with van der Waals surface area (Å²) in [5.74, 6) is -0.356.